The highest BCUT2D eigenvalue weighted by atomic mass is 32.1. The zero-order chi connectivity index (χ0) is 11.9. The monoisotopic (exact) mass is 247 g/mol. The van der Waals surface area contributed by atoms with Crippen LogP contribution in [0, 0.1) is 5.92 Å². The largest absolute Gasteiger partial charge is 0.389 e. The van der Waals surface area contributed by atoms with E-state index in [0.29, 0.717) is 12.3 Å². The van der Waals surface area contributed by atoms with Crippen LogP contribution in [0.2, 0.25) is 0 Å². The normalized spacial score (nSPS) is 19.4. The number of aromatic nitrogens is 1. The molecule has 3 rings (SSSR count). The molecule has 1 fully saturated rings. The molecule has 3 heteroatoms. The Morgan fingerprint density at radius 1 is 1.41 bits per heavy atom. The van der Waals surface area contributed by atoms with Gasteiger partial charge < -0.3 is 5.11 Å². The Morgan fingerprint density at radius 3 is 2.82 bits per heavy atom. The van der Waals surface area contributed by atoms with Gasteiger partial charge in [0.05, 0.1) is 20.8 Å². The van der Waals surface area contributed by atoms with Crippen LogP contribution in [0.4, 0.5) is 0 Å². The molecule has 0 amide bonds. The fourth-order valence-corrected chi connectivity index (χ4v) is 3.52. The maximum Gasteiger partial charge on any atom is 0.0967 e. The van der Waals surface area contributed by atoms with Crippen molar-refractivity contribution in [2.75, 3.05) is 0 Å². The van der Waals surface area contributed by atoms with Gasteiger partial charge in [-0.1, -0.05) is 19.1 Å². The van der Waals surface area contributed by atoms with E-state index in [4.69, 9.17) is 0 Å². The average Bonchev–Trinajstić information content (AvgIpc) is 3.11. The van der Waals surface area contributed by atoms with Gasteiger partial charge in [-0.05, 0) is 37.3 Å². The van der Waals surface area contributed by atoms with Crippen molar-refractivity contribution < 1.29 is 5.11 Å². The van der Waals surface area contributed by atoms with E-state index in [9.17, 15) is 5.11 Å². The van der Waals surface area contributed by atoms with E-state index in [1.807, 2.05) is 18.2 Å². The molecule has 2 nitrogen and oxygen atoms in total. The second-order valence-corrected chi connectivity index (χ2v) is 6.10. The minimum absolute atomic E-state index is 0.500. The van der Waals surface area contributed by atoms with Gasteiger partial charge in [0.15, 0.2) is 0 Å². The fourth-order valence-electron chi connectivity index (χ4n) is 2.44. The van der Waals surface area contributed by atoms with E-state index >= 15 is 0 Å². The molecule has 0 aliphatic heterocycles. The van der Waals surface area contributed by atoms with E-state index in [2.05, 4.69) is 18.0 Å². The minimum Gasteiger partial charge on any atom is -0.389 e. The number of hydrogen-bond acceptors (Lipinski definition) is 3. The second kappa shape index (κ2) is 4.07. The molecular formula is C14H17NOS. The van der Waals surface area contributed by atoms with E-state index < -0.39 is 5.60 Å². The van der Waals surface area contributed by atoms with Gasteiger partial charge in [0, 0.05) is 6.42 Å². The molecule has 2 aromatic rings. The summed E-state index contributed by atoms with van der Waals surface area (Å²) in [6.07, 6.45) is 3.89. The van der Waals surface area contributed by atoms with Gasteiger partial charge >= 0.3 is 0 Å². The highest BCUT2D eigenvalue weighted by Crippen LogP contribution is 2.43. The Balaban J connectivity index is 1.88. The molecule has 1 aromatic carbocycles. The zero-order valence-corrected chi connectivity index (χ0v) is 10.8. The molecule has 1 aromatic heterocycles. The van der Waals surface area contributed by atoms with E-state index in [-0.39, 0.29) is 0 Å². The van der Waals surface area contributed by atoms with Crippen molar-refractivity contribution >= 4 is 21.6 Å². The quantitative estimate of drug-likeness (QED) is 0.898. The molecular weight excluding hydrogens is 230 g/mol. The first-order valence-corrected chi connectivity index (χ1v) is 7.10. The van der Waals surface area contributed by atoms with Crippen LogP contribution in [0.3, 0.4) is 0 Å². The topological polar surface area (TPSA) is 33.1 Å². The number of thiazole rings is 1. The summed E-state index contributed by atoms with van der Waals surface area (Å²) in [5.74, 6) is 0.500. The smallest absolute Gasteiger partial charge is 0.0967 e. The SMILES string of the molecule is CCC(O)(Cc1nc2ccccc2s1)C1CC1. The van der Waals surface area contributed by atoms with Crippen LogP contribution >= 0.6 is 11.3 Å². The molecule has 1 saturated carbocycles. The molecule has 0 spiro atoms. The molecule has 1 unspecified atom stereocenters. The van der Waals surface area contributed by atoms with Crippen LogP contribution in [0.25, 0.3) is 10.2 Å². The third kappa shape index (κ3) is 2.09. The summed E-state index contributed by atoms with van der Waals surface area (Å²) < 4.78 is 1.22. The number of nitrogens with zero attached hydrogens (tertiary/aromatic N) is 1. The summed E-state index contributed by atoms with van der Waals surface area (Å²) in [4.78, 5) is 4.61. The number of benzene rings is 1. The highest BCUT2D eigenvalue weighted by Gasteiger charge is 2.42. The lowest BCUT2D eigenvalue weighted by atomic mass is 9.91. The van der Waals surface area contributed by atoms with Crippen molar-refractivity contribution in [3.63, 3.8) is 0 Å². The molecule has 1 atom stereocenters. The Labute approximate surface area is 105 Å². The minimum atomic E-state index is -0.520. The second-order valence-electron chi connectivity index (χ2n) is 4.98. The standard InChI is InChI=1S/C14H17NOS/c1-2-14(16,10-7-8-10)9-13-15-11-5-3-4-6-12(11)17-13/h3-6,10,16H,2,7-9H2,1H3. The summed E-state index contributed by atoms with van der Waals surface area (Å²) in [6, 6.07) is 8.19. The Bertz CT molecular complexity index is 499. The number of para-hydroxylation sites is 1. The van der Waals surface area contributed by atoms with Gasteiger partial charge in [0.25, 0.3) is 0 Å². The lowest BCUT2D eigenvalue weighted by Gasteiger charge is -2.25. The van der Waals surface area contributed by atoms with Crippen molar-refractivity contribution in [1.29, 1.82) is 0 Å². The Morgan fingerprint density at radius 2 is 2.18 bits per heavy atom. The van der Waals surface area contributed by atoms with Crippen LogP contribution in [-0.4, -0.2) is 15.7 Å². The maximum absolute atomic E-state index is 10.6. The van der Waals surface area contributed by atoms with Crippen molar-refractivity contribution in [3.05, 3.63) is 29.3 Å². The number of hydrogen-bond donors (Lipinski definition) is 1. The lowest BCUT2D eigenvalue weighted by Crippen LogP contribution is -2.33. The molecule has 17 heavy (non-hydrogen) atoms. The third-order valence-corrected chi connectivity index (χ3v) is 4.78. The molecule has 90 valence electrons. The molecule has 1 N–H and O–H groups in total. The maximum atomic E-state index is 10.6. The van der Waals surface area contributed by atoms with Gasteiger partial charge in [-0.15, -0.1) is 11.3 Å². The first kappa shape index (κ1) is 11.2. The van der Waals surface area contributed by atoms with Crippen molar-refractivity contribution in [1.82, 2.24) is 4.98 Å². The molecule has 0 bridgehead atoms. The first-order valence-electron chi connectivity index (χ1n) is 6.28. The summed E-state index contributed by atoms with van der Waals surface area (Å²) in [6.45, 7) is 2.08. The molecule has 1 heterocycles. The molecule has 0 radical (unpaired) electrons. The predicted octanol–water partition coefficient (Wildman–Crippen LogP) is 3.39. The van der Waals surface area contributed by atoms with Gasteiger partial charge in [-0.25, -0.2) is 4.98 Å². The summed E-state index contributed by atoms with van der Waals surface area (Å²) in [5.41, 5.74) is 0.537. The summed E-state index contributed by atoms with van der Waals surface area (Å²) in [7, 11) is 0. The van der Waals surface area contributed by atoms with Gasteiger partial charge in [0.1, 0.15) is 0 Å². The molecule has 0 saturated heterocycles. The van der Waals surface area contributed by atoms with E-state index in [1.165, 1.54) is 17.5 Å². The van der Waals surface area contributed by atoms with E-state index in [0.717, 1.165) is 16.9 Å². The summed E-state index contributed by atoms with van der Waals surface area (Å²) in [5, 5.41) is 11.7. The zero-order valence-electron chi connectivity index (χ0n) is 10.0. The lowest BCUT2D eigenvalue weighted by molar-refractivity contribution is 0.0139. The van der Waals surface area contributed by atoms with Crippen molar-refractivity contribution in [2.24, 2.45) is 5.92 Å². The van der Waals surface area contributed by atoms with Crippen LogP contribution in [-0.2, 0) is 6.42 Å². The number of rotatable bonds is 4. The summed E-state index contributed by atoms with van der Waals surface area (Å²) >= 11 is 1.71. The highest BCUT2D eigenvalue weighted by molar-refractivity contribution is 7.18. The van der Waals surface area contributed by atoms with Gasteiger partial charge in [-0.2, -0.15) is 0 Å². The number of fused-ring (bicyclic) bond motifs is 1. The van der Waals surface area contributed by atoms with Crippen molar-refractivity contribution in [2.45, 2.75) is 38.2 Å². The van der Waals surface area contributed by atoms with Crippen molar-refractivity contribution in [3.8, 4) is 0 Å². The van der Waals surface area contributed by atoms with Crippen LogP contribution < -0.4 is 0 Å². The fraction of sp³-hybridized carbons (Fsp3) is 0.500. The Kier molecular flexibility index (Phi) is 2.68. The van der Waals surface area contributed by atoms with Gasteiger partial charge in [0.2, 0.25) is 0 Å². The van der Waals surface area contributed by atoms with Crippen LogP contribution in [0.5, 0.6) is 0 Å². The number of aliphatic hydroxyl groups is 1. The van der Waals surface area contributed by atoms with Crippen LogP contribution in [0.1, 0.15) is 31.2 Å². The van der Waals surface area contributed by atoms with Crippen LogP contribution in [0.15, 0.2) is 24.3 Å². The first-order chi connectivity index (χ1) is 8.21. The van der Waals surface area contributed by atoms with Gasteiger partial charge in [-0.3, -0.25) is 0 Å². The third-order valence-electron chi connectivity index (χ3n) is 3.75. The molecule has 1 aliphatic rings. The molecule has 1 aliphatic carbocycles. The average molecular weight is 247 g/mol. The Hall–Kier alpha value is -0.930. The van der Waals surface area contributed by atoms with E-state index in [1.54, 1.807) is 11.3 Å². The predicted molar refractivity (Wildman–Crippen MR) is 71.3 cm³/mol.